The molecule has 0 bridgehead atoms. The van der Waals surface area contributed by atoms with Gasteiger partial charge in [-0.25, -0.2) is 9.59 Å². The Morgan fingerprint density at radius 2 is 1.21 bits per heavy atom. The molecule has 0 unspecified atom stereocenters. The fourth-order valence-electron chi connectivity index (χ4n) is 4.74. The van der Waals surface area contributed by atoms with Gasteiger partial charge in [-0.3, -0.25) is 10.6 Å². The Kier molecular flexibility index (Phi) is 6.84. The van der Waals surface area contributed by atoms with Crippen molar-refractivity contribution in [2.75, 3.05) is 13.1 Å². The number of hydrogen-bond acceptors (Lipinski definition) is 6. The SMILES string of the molecule is C#CCN[C@@]1(OC(=O)/C=C/C(=O)O[C@]2(NCC#C)CCc3ccccc32)CCc2ccccc21. The molecule has 0 aromatic heterocycles. The van der Waals surface area contributed by atoms with Gasteiger partial charge in [0.15, 0.2) is 11.4 Å². The van der Waals surface area contributed by atoms with Gasteiger partial charge < -0.3 is 9.47 Å². The summed E-state index contributed by atoms with van der Waals surface area (Å²) in [6.07, 6.45) is 15.6. The quantitative estimate of drug-likeness (QED) is 0.277. The maximum Gasteiger partial charge on any atom is 0.333 e. The van der Waals surface area contributed by atoms with Crippen molar-refractivity contribution >= 4 is 11.9 Å². The lowest BCUT2D eigenvalue weighted by Gasteiger charge is -2.31. The summed E-state index contributed by atoms with van der Waals surface area (Å²) in [5, 5.41) is 6.32. The second-order valence-corrected chi connectivity index (χ2v) is 8.26. The maximum absolute atomic E-state index is 12.7. The Hall–Kier alpha value is -3.84. The molecular formula is C28H26N2O4. The summed E-state index contributed by atoms with van der Waals surface area (Å²) in [5.74, 6) is 3.71. The second kappa shape index (κ2) is 9.97. The van der Waals surface area contributed by atoms with Crippen molar-refractivity contribution < 1.29 is 19.1 Å². The lowest BCUT2D eigenvalue weighted by atomic mass is 10.0. The van der Waals surface area contributed by atoms with E-state index in [1.807, 2.05) is 48.5 Å². The zero-order chi connectivity index (χ0) is 24.0. The molecule has 2 aromatic carbocycles. The van der Waals surface area contributed by atoms with Crippen LogP contribution in [0.3, 0.4) is 0 Å². The first-order valence-electron chi connectivity index (χ1n) is 11.2. The van der Waals surface area contributed by atoms with Gasteiger partial charge in [0.25, 0.3) is 0 Å². The monoisotopic (exact) mass is 454 g/mol. The standard InChI is InChI=1S/C28H26N2O4/c1-3-19-29-27(17-15-21-9-5-7-11-23(21)27)33-25(31)13-14-26(32)34-28(30-20-4-2)18-16-22-10-6-8-12-24(22)28/h1-2,5-14,29-30H,15-20H2/b14-13+/t27-,28-/m1/s1. The molecule has 0 saturated heterocycles. The third-order valence-corrected chi connectivity index (χ3v) is 6.25. The van der Waals surface area contributed by atoms with Gasteiger partial charge in [-0.1, -0.05) is 60.4 Å². The van der Waals surface area contributed by atoms with E-state index < -0.39 is 23.4 Å². The van der Waals surface area contributed by atoms with Gasteiger partial charge in [0, 0.05) is 36.1 Å². The van der Waals surface area contributed by atoms with Gasteiger partial charge >= 0.3 is 11.9 Å². The van der Waals surface area contributed by atoms with Crippen LogP contribution >= 0.6 is 0 Å². The fourth-order valence-corrected chi connectivity index (χ4v) is 4.74. The van der Waals surface area contributed by atoms with Crippen molar-refractivity contribution in [3.63, 3.8) is 0 Å². The Morgan fingerprint density at radius 1 is 0.794 bits per heavy atom. The Balaban J connectivity index is 1.48. The van der Waals surface area contributed by atoms with E-state index in [1.165, 1.54) is 0 Å². The predicted molar refractivity (Wildman–Crippen MR) is 128 cm³/mol. The van der Waals surface area contributed by atoms with Crippen LogP contribution in [0.2, 0.25) is 0 Å². The number of ether oxygens (including phenoxy) is 2. The van der Waals surface area contributed by atoms with E-state index in [4.69, 9.17) is 22.3 Å². The largest absolute Gasteiger partial charge is 0.436 e. The number of hydrogen-bond donors (Lipinski definition) is 2. The van der Waals surface area contributed by atoms with Crippen LogP contribution in [-0.4, -0.2) is 25.0 Å². The number of carbonyl (C=O) groups is 2. The van der Waals surface area contributed by atoms with Crippen LogP contribution in [-0.2, 0) is 43.4 Å². The average Bonchev–Trinajstić information content (AvgIpc) is 3.40. The predicted octanol–water partition coefficient (Wildman–Crippen LogP) is 2.67. The molecule has 0 aliphatic heterocycles. The van der Waals surface area contributed by atoms with Crippen LogP contribution in [0, 0.1) is 24.7 Å². The third-order valence-electron chi connectivity index (χ3n) is 6.25. The first-order chi connectivity index (χ1) is 16.5. The minimum atomic E-state index is -1.03. The summed E-state index contributed by atoms with van der Waals surface area (Å²) in [6, 6.07) is 15.5. The number of benzene rings is 2. The van der Waals surface area contributed by atoms with Crippen LogP contribution in [0.5, 0.6) is 0 Å². The van der Waals surface area contributed by atoms with Crippen molar-refractivity contribution in [3.8, 4) is 24.7 Å². The minimum Gasteiger partial charge on any atom is -0.436 e. The van der Waals surface area contributed by atoms with Gasteiger partial charge in [0.2, 0.25) is 0 Å². The lowest BCUT2D eigenvalue weighted by Crippen LogP contribution is -2.45. The van der Waals surface area contributed by atoms with E-state index in [-0.39, 0.29) is 13.1 Å². The van der Waals surface area contributed by atoms with Crippen LogP contribution in [0.15, 0.2) is 60.7 Å². The van der Waals surface area contributed by atoms with Crippen LogP contribution in [0.4, 0.5) is 0 Å². The van der Waals surface area contributed by atoms with Crippen molar-refractivity contribution in [2.45, 2.75) is 37.1 Å². The summed E-state index contributed by atoms with van der Waals surface area (Å²) >= 11 is 0. The highest BCUT2D eigenvalue weighted by atomic mass is 16.6. The molecule has 6 heteroatoms. The smallest absolute Gasteiger partial charge is 0.333 e. The Labute approximate surface area is 199 Å². The molecule has 2 N–H and O–H groups in total. The molecule has 2 aromatic rings. The Morgan fingerprint density at radius 3 is 1.62 bits per heavy atom. The van der Waals surface area contributed by atoms with Gasteiger partial charge in [0.1, 0.15) is 0 Å². The van der Waals surface area contributed by atoms with E-state index >= 15 is 0 Å². The summed E-state index contributed by atoms with van der Waals surface area (Å²) in [7, 11) is 0. The molecule has 6 nitrogen and oxygen atoms in total. The molecule has 0 amide bonds. The first kappa shape index (κ1) is 23.3. The molecule has 0 spiro atoms. The zero-order valence-corrected chi connectivity index (χ0v) is 18.8. The fraction of sp³-hybridized carbons (Fsp3) is 0.286. The van der Waals surface area contributed by atoms with E-state index in [9.17, 15) is 9.59 Å². The summed E-state index contributed by atoms with van der Waals surface area (Å²) in [4.78, 5) is 25.4. The minimum absolute atomic E-state index is 0.232. The van der Waals surface area contributed by atoms with Crippen LogP contribution in [0.25, 0.3) is 0 Å². The maximum atomic E-state index is 12.7. The number of fused-ring (bicyclic) bond motifs is 2. The number of esters is 2. The summed E-state index contributed by atoms with van der Waals surface area (Å²) in [6.45, 7) is 0.465. The number of terminal acetylenes is 2. The second-order valence-electron chi connectivity index (χ2n) is 8.26. The van der Waals surface area contributed by atoms with Gasteiger partial charge in [-0.05, 0) is 24.0 Å². The Bertz CT molecular complexity index is 1110. The lowest BCUT2D eigenvalue weighted by molar-refractivity contribution is -0.161. The van der Waals surface area contributed by atoms with Crippen molar-refractivity contribution in [1.82, 2.24) is 10.6 Å². The molecular weight excluding hydrogens is 428 g/mol. The normalized spacial score (nSPS) is 22.4. The van der Waals surface area contributed by atoms with Crippen LogP contribution < -0.4 is 10.6 Å². The number of carbonyl (C=O) groups excluding carboxylic acids is 2. The summed E-state index contributed by atoms with van der Waals surface area (Å²) in [5.41, 5.74) is 1.85. The molecule has 0 radical (unpaired) electrons. The molecule has 172 valence electrons. The van der Waals surface area contributed by atoms with E-state index in [0.29, 0.717) is 12.8 Å². The number of rotatable bonds is 8. The summed E-state index contributed by atoms with van der Waals surface area (Å²) < 4.78 is 11.6. The highest BCUT2D eigenvalue weighted by Crippen LogP contribution is 2.39. The molecule has 2 atom stereocenters. The van der Waals surface area contributed by atoms with Crippen molar-refractivity contribution in [1.29, 1.82) is 0 Å². The first-order valence-corrected chi connectivity index (χ1v) is 11.2. The van der Waals surface area contributed by atoms with E-state index in [0.717, 1.165) is 47.2 Å². The number of aryl methyl sites for hydroxylation is 2. The van der Waals surface area contributed by atoms with Gasteiger partial charge in [0.05, 0.1) is 13.1 Å². The molecule has 0 heterocycles. The molecule has 2 aliphatic carbocycles. The topological polar surface area (TPSA) is 76.7 Å². The highest BCUT2D eigenvalue weighted by Gasteiger charge is 2.43. The van der Waals surface area contributed by atoms with Gasteiger partial charge in [-0.15, -0.1) is 12.8 Å². The average molecular weight is 455 g/mol. The van der Waals surface area contributed by atoms with E-state index in [2.05, 4.69) is 22.5 Å². The van der Waals surface area contributed by atoms with Gasteiger partial charge in [-0.2, -0.15) is 0 Å². The zero-order valence-electron chi connectivity index (χ0n) is 18.8. The molecule has 2 aliphatic rings. The van der Waals surface area contributed by atoms with Crippen molar-refractivity contribution in [2.24, 2.45) is 0 Å². The third kappa shape index (κ3) is 4.61. The number of nitrogens with one attached hydrogen (secondary N) is 2. The molecule has 0 fully saturated rings. The molecule has 0 saturated carbocycles. The van der Waals surface area contributed by atoms with Crippen molar-refractivity contribution in [3.05, 3.63) is 82.9 Å². The van der Waals surface area contributed by atoms with Crippen LogP contribution in [0.1, 0.15) is 35.1 Å². The molecule has 4 rings (SSSR count). The molecule has 34 heavy (non-hydrogen) atoms. The van der Waals surface area contributed by atoms with E-state index in [1.54, 1.807) is 0 Å². The highest BCUT2D eigenvalue weighted by molar-refractivity contribution is 5.92.